The lowest BCUT2D eigenvalue weighted by Gasteiger charge is -2.04. The first-order chi connectivity index (χ1) is 13.3. The summed E-state index contributed by atoms with van der Waals surface area (Å²) in [6.45, 7) is 4.66. The van der Waals surface area contributed by atoms with Crippen LogP contribution in [0.15, 0.2) is 85.2 Å². The van der Waals surface area contributed by atoms with Gasteiger partial charge in [-0.3, -0.25) is 0 Å². The average Bonchev–Trinajstić information content (AvgIpc) is 3.06. The molecule has 1 aromatic heterocycles. The third kappa shape index (κ3) is 4.82. The summed E-state index contributed by atoms with van der Waals surface area (Å²) in [7, 11) is 0. The first-order valence-electron chi connectivity index (χ1n) is 9.50. The van der Waals surface area contributed by atoms with E-state index in [4.69, 9.17) is 4.74 Å². The molecule has 3 nitrogen and oxygen atoms in total. The first kappa shape index (κ1) is 20.2. The van der Waals surface area contributed by atoms with Gasteiger partial charge >= 0.3 is 0 Å². The number of rotatable bonds is 7. The lowest BCUT2D eigenvalue weighted by Crippen LogP contribution is -3.00. The summed E-state index contributed by atoms with van der Waals surface area (Å²) in [5, 5.41) is 0. The lowest BCUT2D eigenvalue weighted by molar-refractivity contribution is -0.663. The van der Waals surface area contributed by atoms with Crippen molar-refractivity contribution in [1.82, 2.24) is 4.57 Å². The standard InChI is InChI=1S/C24H25N2O.BrH/c1-20-12-14-21(15-13-20)18-26-19-25(23-10-5-6-11-24(23)26)16-7-17-27-22-8-3-2-4-9-22;/h2-6,8-15,19H,7,16-18H2,1H3;1H/q+1;/p-1. The maximum atomic E-state index is 5.83. The number of nitrogens with zero attached hydrogens (tertiary/aromatic N) is 2. The molecule has 0 fully saturated rings. The molecule has 0 aliphatic rings. The lowest BCUT2D eigenvalue weighted by atomic mass is 10.1. The summed E-state index contributed by atoms with van der Waals surface area (Å²) < 4.78 is 10.5. The molecule has 0 atom stereocenters. The molecule has 0 N–H and O–H groups in total. The zero-order chi connectivity index (χ0) is 18.5. The van der Waals surface area contributed by atoms with Crippen LogP contribution < -0.4 is 26.3 Å². The van der Waals surface area contributed by atoms with Crippen molar-refractivity contribution in [2.45, 2.75) is 26.4 Å². The fourth-order valence-corrected chi connectivity index (χ4v) is 3.38. The number of ether oxygens (including phenoxy) is 1. The molecule has 4 heteroatoms. The van der Waals surface area contributed by atoms with E-state index >= 15 is 0 Å². The normalized spacial score (nSPS) is 10.6. The summed E-state index contributed by atoms with van der Waals surface area (Å²) in [4.78, 5) is 0. The molecule has 0 amide bonds. The molecule has 0 aliphatic heterocycles. The number of benzene rings is 3. The maximum absolute atomic E-state index is 5.83. The Bertz CT molecular complexity index is 1010. The van der Waals surface area contributed by atoms with E-state index in [2.05, 4.69) is 70.9 Å². The Hall–Kier alpha value is -2.59. The first-order valence-corrected chi connectivity index (χ1v) is 9.50. The van der Waals surface area contributed by atoms with Gasteiger partial charge in [0.25, 0.3) is 0 Å². The van der Waals surface area contributed by atoms with E-state index in [1.807, 2.05) is 30.3 Å². The SMILES string of the molecule is Cc1ccc(C[n+]2cn(CCCOc3ccccc3)c3ccccc32)cc1.[Br-]. The minimum Gasteiger partial charge on any atom is -1.00 e. The van der Waals surface area contributed by atoms with Gasteiger partial charge in [-0.05, 0) is 36.8 Å². The molecule has 0 aliphatic carbocycles. The second-order valence-corrected chi connectivity index (χ2v) is 6.93. The van der Waals surface area contributed by atoms with Crippen molar-refractivity contribution in [1.29, 1.82) is 0 Å². The largest absolute Gasteiger partial charge is 1.00 e. The number of halogens is 1. The monoisotopic (exact) mass is 436 g/mol. The number of aryl methyl sites for hydroxylation is 2. The van der Waals surface area contributed by atoms with E-state index in [0.717, 1.165) is 25.3 Å². The van der Waals surface area contributed by atoms with Crippen molar-refractivity contribution in [3.8, 4) is 5.75 Å². The highest BCUT2D eigenvalue weighted by Crippen LogP contribution is 2.14. The Balaban J connectivity index is 0.00000225. The second-order valence-electron chi connectivity index (χ2n) is 6.93. The fraction of sp³-hybridized carbons (Fsp3) is 0.208. The molecule has 0 saturated carbocycles. The van der Waals surface area contributed by atoms with Gasteiger partial charge in [0.05, 0.1) is 13.2 Å². The predicted molar refractivity (Wildman–Crippen MR) is 109 cm³/mol. The van der Waals surface area contributed by atoms with E-state index in [1.165, 1.54) is 22.2 Å². The van der Waals surface area contributed by atoms with Crippen LogP contribution in [0.5, 0.6) is 5.75 Å². The molecule has 144 valence electrons. The minimum absolute atomic E-state index is 0. The zero-order valence-corrected chi connectivity index (χ0v) is 17.7. The molecule has 28 heavy (non-hydrogen) atoms. The van der Waals surface area contributed by atoms with Crippen LogP contribution in [-0.4, -0.2) is 11.2 Å². The summed E-state index contributed by atoms with van der Waals surface area (Å²) in [5.74, 6) is 0.935. The van der Waals surface area contributed by atoms with Crippen LogP contribution in [0.4, 0.5) is 0 Å². The Labute approximate surface area is 177 Å². The Morgan fingerprint density at radius 1 is 0.857 bits per heavy atom. The van der Waals surface area contributed by atoms with Gasteiger partial charge < -0.3 is 21.7 Å². The van der Waals surface area contributed by atoms with Gasteiger partial charge in [-0.2, -0.15) is 0 Å². The van der Waals surface area contributed by atoms with Gasteiger partial charge in [-0.25, -0.2) is 9.13 Å². The maximum Gasteiger partial charge on any atom is 0.245 e. The number of aromatic nitrogens is 2. The molecule has 4 rings (SSSR count). The molecule has 0 saturated heterocycles. The van der Waals surface area contributed by atoms with Crippen molar-refractivity contribution < 1.29 is 26.3 Å². The number of para-hydroxylation sites is 3. The molecular weight excluding hydrogens is 412 g/mol. The number of hydrogen-bond donors (Lipinski definition) is 0. The summed E-state index contributed by atoms with van der Waals surface area (Å²) in [5.41, 5.74) is 5.15. The number of fused-ring (bicyclic) bond motifs is 1. The molecule has 0 unspecified atom stereocenters. The van der Waals surface area contributed by atoms with Gasteiger partial charge in [0.1, 0.15) is 12.3 Å². The molecule has 4 aromatic rings. The summed E-state index contributed by atoms with van der Waals surface area (Å²) in [6, 6.07) is 27.4. The van der Waals surface area contributed by atoms with Crippen LogP contribution in [0.2, 0.25) is 0 Å². The molecule has 0 spiro atoms. The Kier molecular flexibility index (Phi) is 6.88. The van der Waals surface area contributed by atoms with E-state index < -0.39 is 0 Å². The van der Waals surface area contributed by atoms with Crippen LogP contribution in [0.3, 0.4) is 0 Å². The highest BCUT2D eigenvalue weighted by Gasteiger charge is 2.15. The van der Waals surface area contributed by atoms with Gasteiger partial charge in [0.2, 0.25) is 6.33 Å². The topological polar surface area (TPSA) is 18.0 Å². The molecular formula is C24H25BrN2O. The number of hydrogen-bond acceptors (Lipinski definition) is 1. The molecule has 0 bridgehead atoms. The molecule has 0 radical (unpaired) electrons. The third-order valence-electron chi connectivity index (χ3n) is 4.81. The van der Waals surface area contributed by atoms with Gasteiger partial charge in [-0.15, -0.1) is 0 Å². The van der Waals surface area contributed by atoms with Crippen molar-refractivity contribution in [3.05, 3.63) is 96.3 Å². The third-order valence-corrected chi connectivity index (χ3v) is 4.81. The van der Waals surface area contributed by atoms with E-state index in [1.54, 1.807) is 0 Å². The quantitative estimate of drug-likeness (QED) is 0.318. The van der Waals surface area contributed by atoms with E-state index in [-0.39, 0.29) is 17.0 Å². The van der Waals surface area contributed by atoms with Crippen molar-refractivity contribution >= 4 is 11.0 Å². The van der Waals surface area contributed by atoms with E-state index in [9.17, 15) is 0 Å². The van der Waals surface area contributed by atoms with Gasteiger partial charge in [0.15, 0.2) is 11.0 Å². The highest BCUT2D eigenvalue weighted by atomic mass is 79.9. The van der Waals surface area contributed by atoms with Crippen molar-refractivity contribution in [3.63, 3.8) is 0 Å². The summed E-state index contributed by atoms with van der Waals surface area (Å²) >= 11 is 0. The Morgan fingerprint density at radius 2 is 1.57 bits per heavy atom. The highest BCUT2D eigenvalue weighted by molar-refractivity contribution is 5.71. The minimum atomic E-state index is 0. The van der Waals surface area contributed by atoms with Crippen molar-refractivity contribution in [2.24, 2.45) is 0 Å². The average molecular weight is 437 g/mol. The van der Waals surface area contributed by atoms with Gasteiger partial charge in [0, 0.05) is 6.42 Å². The zero-order valence-electron chi connectivity index (χ0n) is 16.1. The van der Waals surface area contributed by atoms with Crippen LogP contribution in [0.1, 0.15) is 17.5 Å². The number of imidazole rings is 1. The van der Waals surface area contributed by atoms with Crippen LogP contribution in [-0.2, 0) is 13.1 Å². The fourth-order valence-electron chi connectivity index (χ4n) is 3.38. The summed E-state index contributed by atoms with van der Waals surface area (Å²) in [6.07, 6.45) is 3.20. The van der Waals surface area contributed by atoms with Gasteiger partial charge in [-0.1, -0.05) is 60.2 Å². The van der Waals surface area contributed by atoms with Crippen LogP contribution >= 0.6 is 0 Å². The smallest absolute Gasteiger partial charge is 0.245 e. The van der Waals surface area contributed by atoms with Crippen molar-refractivity contribution in [2.75, 3.05) is 6.61 Å². The van der Waals surface area contributed by atoms with E-state index in [0.29, 0.717) is 6.61 Å². The Morgan fingerprint density at radius 3 is 2.36 bits per heavy atom. The second kappa shape index (κ2) is 9.56. The molecule has 3 aromatic carbocycles. The van der Waals surface area contributed by atoms with Crippen LogP contribution in [0.25, 0.3) is 11.0 Å². The molecule has 1 heterocycles. The van der Waals surface area contributed by atoms with Crippen LogP contribution in [0, 0.1) is 6.92 Å². The predicted octanol–water partition coefficient (Wildman–Crippen LogP) is 1.76.